The average Bonchev–Trinajstić information content (AvgIpc) is 2.76. The molecule has 0 saturated heterocycles. The first-order valence-electron chi connectivity index (χ1n) is 5.03. The first-order valence-corrected chi connectivity index (χ1v) is 7.63. The van der Waals surface area contributed by atoms with E-state index in [9.17, 15) is 4.79 Å². The predicted octanol–water partition coefficient (Wildman–Crippen LogP) is 3.22. The summed E-state index contributed by atoms with van der Waals surface area (Å²) in [4.78, 5) is 15.7. The zero-order chi connectivity index (χ0) is 13.0. The van der Waals surface area contributed by atoms with Crippen LogP contribution in [0.25, 0.3) is 0 Å². The molecule has 0 radical (unpaired) electrons. The highest BCUT2D eigenvalue weighted by molar-refractivity contribution is 9.10. The number of hydrogen-bond acceptors (Lipinski definition) is 5. The van der Waals surface area contributed by atoms with Crippen molar-refractivity contribution < 1.29 is 4.79 Å². The number of anilines is 2. The SMILES string of the molecule is Nc1ncc(SCC(=O)Nc2ccccc2Br)s1. The fraction of sp³-hybridized carbons (Fsp3) is 0.0909. The molecule has 2 aromatic rings. The molecule has 1 aromatic carbocycles. The van der Waals surface area contributed by atoms with E-state index >= 15 is 0 Å². The van der Waals surface area contributed by atoms with Gasteiger partial charge in [-0.25, -0.2) is 4.98 Å². The van der Waals surface area contributed by atoms with Gasteiger partial charge < -0.3 is 11.1 Å². The van der Waals surface area contributed by atoms with E-state index in [0.717, 1.165) is 14.4 Å². The monoisotopic (exact) mass is 343 g/mol. The molecule has 0 aliphatic rings. The number of benzene rings is 1. The van der Waals surface area contributed by atoms with E-state index in [0.29, 0.717) is 10.9 Å². The summed E-state index contributed by atoms with van der Waals surface area (Å²) in [6.07, 6.45) is 1.68. The van der Waals surface area contributed by atoms with Gasteiger partial charge in [0, 0.05) is 4.47 Å². The van der Waals surface area contributed by atoms with Gasteiger partial charge in [-0.3, -0.25) is 4.79 Å². The molecule has 0 spiro atoms. The maximum Gasteiger partial charge on any atom is 0.234 e. The summed E-state index contributed by atoms with van der Waals surface area (Å²) in [6, 6.07) is 7.50. The lowest BCUT2D eigenvalue weighted by atomic mass is 10.3. The molecular weight excluding hydrogens is 334 g/mol. The van der Waals surface area contributed by atoms with Gasteiger partial charge in [-0.05, 0) is 28.1 Å². The normalized spacial score (nSPS) is 10.3. The molecule has 18 heavy (non-hydrogen) atoms. The van der Waals surface area contributed by atoms with E-state index in [1.807, 2.05) is 24.3 Å². The Labute approximate surface area is 121 Å². The molecule has 0 atom stereocenters. The van der Waals surface area contributed by atoms with Crippen LogP contribution in [0, 0.1) is 0 Å². The highest BCUT2D eigenvalue weighted by Gasteiger charge is 2.07. The summed E-state index contributed by atoms with van der Waals surface area (Å²) in [5, 5.41) is 3.35. The second-order valence-corrected chi connectivity index (χ2v) is 6.53. The topological polar surface area (TPSA) is 68.0 Å². The molecule has 0 bridgehead atoms. The number of rotatable bonds is 4. The molecule has 1 heterocycles. The number of carbonyl (C=O) groups is 1. The third kappa shape index (κ3) is 3.72. The molecule has 1 amide bonds. The standard InChI is InChI=1S/C11H10BrN3OS2/c12-7-3-1-2-4-8(7)15-9(16)6-17-10-5-14-11(13)18-10/h1-5H,6H2,(H2,13,14)(H,15,16). The Morgan fingerprint density at radius 1 is 1.50 bits per heavy atom. The van der Waals surface area contributed by atoms with Gasteiger partial charge in [-0.1, -0.05) is 23.5 Å². The second-order valence-electron chi connectivity index (χ2n) is 3.33. The number of nitrogens with zero attached hydrogens (tertiary/aromatic N) is 1. The van der Waals surface area contributed by atoms with Gasteiger partial charge in [0.1, 0.15) is 0 Å². The van der Waals surface area contributed by atoms with E-state index in [1.165, 1.54) is 23.1 Å². The highest BCUT2D eigenvalue weighted by atomic mass is 79.9. The Hall–Kier alpha value is -1.05. The molecular formula is C11H10BrN3OS2. The fourth-order valence-corrected chi connectivity index (χ4v) is 3.17. The Morgan fingerprint density at radius 3 is 2.94 bits per heavy atom. The number of nitrogens with two attached hydrogens (primary N) is 1. The van der Waals surface area contributed by atoms with Crippen molar-refractivity contribution in [3.8, 4) is 0 Å². The predicted molar refractivity (Wildman–Crippen MR) is 80.0 cm³/mol. The maximum absolute atomic E-state index is 11.7. The van der Waals surface area contributed by atoms with Gasteiger partial charge in [0.05, 0.1) is 21.8 Å². The highest BCUT2D eigenvalue weighted by Crippen LogP contribution is 2.27. The number of aromatic nitrogens is 1. The molecule has 0 aliphatic carbocycles. The summed E-state index contributed by atoms with van der Waals surface area (Å²) in [7, 11) is 0. The molecule has 0 saturated carbocycles. The van der Waals surface area contributed by atoms with Crippen LogP contribution in [0.4, 0.5) is 10.8 Å². The second kappa shape index (κ2) is 6.21. The van der Waals surface area contributed by atoms with E-state index in [2.05, 4.69) is 26.2 Å². The fourth-order valence-electron chi connectivity index (χ4n) is 1.22. The number of nitrogens with one attached hydrogen (secondary N) is 1. The average molecular weight is 344 g/mol. The van der Waals surface area contributed by atoms with Crippen LogP contribution >= 0.6 is 39.0 Å². The Kier molecular flexibility index (Phi) is 4.62. The molecule has 3 N–H and O–H groups in total. The smallest absolute Gasteiger partial charge is 0.234 e. The zero-order valence-electron chi connectivity index (χ0n) is 9.22. The molecule has 0 fully saturated rings. The summed E-state index contributed by atoms with van der Waals surface area (Å²) in [6.45, 7) is 0. The van der Waals surface area contributed by atoms with Crippen molar-refractivity contribution in [2.24, 2.45) is 0 Å². The Balaban J connectivity index is 1.88. The number of thiazole rings is 1. The van der Waals surface area contributed by atoms with Crippen molar-refractivity contribution in [2.45, 2.75) is 4.21 Å². The van der Waals surface area contributed by atoms with Crippen molar-refractivity contribution >= 4 is 55.8 Å². The van der Waals surface area contributed by atoms with E-state index < -0.39 is 0 Å². The molecule has 7 heteroatoms. The quantitative estimate of drug-likeness (QED) is 0.836. The van der Waals surface area contributed by atoms with Gasteiger partial charge in [0.25, 0.3) is 0 Å². The van der Waals surface area contributed by atoms with Crippen molar-refractivity contribution in [3.05, 3.63) is 34.9 Å². The van der Waals surface area contributed by atoms with Gasteiger partial charge in [0.15, 0.2) is 5.13 Å². The van der Waals surface area contributed by atoms with E-state index in [-0.39, 0.29) is 5.91 Å². The molecule has 0 unspecified atom stereocenters. The number of thioether (sulfide) groups is 1. The minimum atomic E-state index is -0.0566. The minimum absolute atomic E-state index is 0.0566. The number of carbonyl (C=O) groups excluding carboxylic acids is 1. The van der Waals surface area contributed by atoms with Crippen molar-refractivity contribution in [2.75, 3.05) is 16.8 Å². The third-order valence-electron chi connectivity index (χ3n) is 2.00. The van der Waals surface area contributed by atoms with Crippen molar-refractivity contribution in [3.63, 3.8) is 0 Å². The number of para-hydroxylation sites is 1. The van der Waals surface area contributed by atoms with Crippen LogP contribution in [0.5, 0.6) is 0 Å². The van der Waals surface area contributed by atoms with Gasteiger partial charge in [-0.15, -0.1) is 11.8 Å². The lowest BCUT2D eigenvalue weighted by Crippen LogP contribution is -2.14. The first kappa shape index (κ1) is 13.4. The minimum Gasteiger partial charge on any atom is -0.375 e. The molecule has 4 nitrogen and oxygen atoms in total. The summed E-state index contributed by atoms with van der Waals surface area (Å²) in [5.41, 5.74) is 6.29. The first-order chi connectivity index (χ1) is 8.65. The molecule has 2 rings (SSSR count). The van der Waals surface area contributed by atoms with Crippen LogP contribution in [0.15, 0.2) is 39.1 Å². The summed E-state index contributed by atoms with van der Waals surface area (Å²) >= 11 is 6.18. The molecule has 94 valence electrons. The van der Waals surface area contributed by atoms with Crippen LogP contribution in [0.1, 0.15) is 0 Å². The lowest BCUT2D eigenvalue weighted by molar-refractivity contribution is -0.113. The van der Waals surface area contributed by atoms with E-state index in [1.54, 1.807) is 6.20 Å². The van der Waals surface area contributed by atoms with Crippen LogP contribution in [0.3, 0.4) is 0 Å². The zero-order valence-corrected chi connectivity index (χ0v) is 12.4. The maximum atomic E-state index is 11.7. The molecule has 0 aliphatic heterocycles. The van der Waals surface area contributed by atoms with Gasteiger partial charge >= 0.3 is 0 Å². The third-order valence-corrected chi connectivity index (χ3v) is 4.71. The van der Waals surface area contributed by atoms with Crippen LogP contribution < -0.4 is 11.1 Å². The number of amides is 1. The van der Waals surface area contributed by atoms with Gasteiger partial charge in [-0.2, -0.15) is 0 Å². The van der Waals surface area contributed by atoms with Gasteiger partial charge in [0.2, 0.25) is 5.91 Å². The van der Waals surface area contributed by atoms with Crippen LogP contribution in [-0.4, -0.2) is 16.6 Å². The number of nitrogen functional groups attached to an aromatic ring is 1. The Bertz CT molecular complexity index is 559. The van der Waals surface area contributed by atoms with Crippen molar-refractivity contribution in [1.29, 1.82) is 0 Å². The lowest BCUT2D eigenvalue weighted by Gasteiger charge is -2.06. The number of hydrogen-bond donors (Lipinski definition) is 2. The Morgan fingerprint density at radius 2 is 2.28 bits per heavy atom. The van der Waals surface area contributed by atoms with E-state index in [4.69, 9.17) is 5.73 Å². The number of halogens is 1. The van der Waals surface area contributed by atoms with Crippen molar-refractivity contribution in [1.82, 2.24) is 4.98 Å². The molecule has 1 aromatic heterocycles. The summed E-state index contributed by atoms with van der Waals surface area (Å²) in [5.74, 6) is 0.280. The van der Waals surface area contributed by atoms with Crippen LogP contribution in [0.2, 0.25) is 0 Å². The summed E-state index contributed by atoms with van der Waals surface area (Å²) < 4.78 is 1.81. The largest absolute Gasteiger partial charge is 0.375 e. The van der Waals surface area contributed by atoms with Crippen LogP contribution in [-0.2, 0) is 4.79 Å².